The molecule has 0 unspecified atom stereocenters. The first-order chi connectivity index (χ1) is 5.16. The minimum absolute atomic E-state index is 0.456. The first-order valence-electron chi connectivity index (χ1n) is 4.92. The number of rotatable bonds is 6. The second-order valence-corrected chi connectivity index (χ2v) is 3.87. The average molecular weight is 157 g/mol. The van der Waals surface area contributed by atoms with Gasteiger partial charge in [0.2, 0.25) is 0 Å². The highest BCUT2D eigenvalue weighted by molar-refractivity contribution is 4.61. The Balaban J connectivity index is 3.15. The lowest BCUT2D eigenvalue weighted by molar-refractivity contribution is 0.468. The molecule has 0 aliphatic heterocycles. The number of hydrogen-bond acceptors (Lipinski definition) is 1. The van der Waals surface area contributed by atoms with Gasteiger partial charge in [-0.3, -0.25) is 0 Å². The van der Waals surface area contributed by atoms with Crippen molar-refractivity contribution < 1.29 is 0 Å². The van der Waals surface area contributed by atoms with E-state index in [1.165, 1.54) is 32.1 Å². The van der Waals surface area contributed by atoms with Crippen molar-refractivity contribution in [2.75, 3.05) is 0 Å². The summed E-state index contributed by atoms with van der Waals surface area (Å²) in [7, 11) is 0. The predicted molar refractivity (Wildman–Crippen MR) is 51.6 cm³/mol. The minimum Gasteiger partial charge on any atom is -0.328 e. The van der Waals surface area contributed by atoms with Crippen LogP contribution in [0.3, 0.4) is 0 Å². The maximum atomic E-state index is 5.91. The highest BCUT2D eigenvalue weighted by atomic mass is 14.6. The summed E-state index contributed by atoms with van der Waals surface area (Å²) < 4.78 is 0. The molecule has 11 heavy (non-hydrogen) atoms. The molecule has 0 fully saturated rings. The van der Waals surface area contributed by atoms with Crippen molar-refractivity contribution in [3.05, 3.63) is 0 Å². The van der Waals surface area contributed by atoms with Crippen LogP contribution in [0.25, 0.3) is 0 Å². The molecule has 0 aromatic rings. The summed E-state index contributed by atoms with van der Waals surface area (Å²) in [6.45, 7) is 6.73. The van der Waals surface area contributed by atoms with Crippen molar-refractivity contribution in [2.24, 2.45) is 11.7 Å². The molecule has 1 atom stereocenters. The first kappa shape index (κ1) is 11.0. The molecule has 0 aliphatic carbocycles. The summed E-state index contributed by atoms with van der Waals surface area (Å²) in [4.78, 5) is 0. The van der Waals surface area contributed by atoms with Gasteiger partial charge in [-0.1, -0.05) is 33.6 Å². The first-order valence-corrected chi connectivity index (χ1v) is 4.92. The van der Waals surface area contributed by atoms with Crippen LogP contribution in [0.1, 0.15) is 52.9 Å². The molecule has 2 N–H and O–H groups in total. The van der Waals surface area contributed by atoms with Gasteiger partial charge in [0, 0.05) is 6.04 Å². The molecule has 0 rings (SSSR count). The molecule has 1 nitrogen and oxygen atoms in total. The average Bonchev–Trinajstić information content (AvgIpc) is 1.97. The molecule has 0 radical (unpaired) electrons. The van der Waals surface area contributed by atoms with Gasteiger partial charge in [0.05, 0.1) is 0 Å². The maximum Gasteiger partial charge on any atom is 0.00389 e. The normalized spacial score (nSPS) is 13.9. The fourth-order valence-electron chi connectivity index (χ4n) is 1.16. The summed E-state index contributed by atoms with van der Waals surface area (Å²) in [6.07, 6.45) is 6.26. The van der Waals surface area contributed by atoms with Crippen LogP contribution in [0.2, 0.25) is 0 Å². The van der Waals surface area contributed by atoms with Crippen molar-refractivity contribution in [1.29, 1.82) is 0 Å². The summed E-state index contributed by atoms with van der Waals surface area (Å²) >= 11 is 0. The summed E-state index contributed by atoms with van der Waals surface area (Å²) in [5.74, 6) is 0.808. The van der Waals surface area contributed by atoms with Gasteiger partial charge in [0.25, 0.3) is 0 Å². The SMILES string of the molecule is CCCC[C@H](N)CCC(C)C. The van der Waals surface area contributed by atoms with Gasteiger partial charge in [-0.25, -0.2) is 0 Å². The van der Waals surface area contributed by atoms with Crippen LogP contribution in [0.15, 0.2) is 0 Å². The topological polar surface area (TPSA) is 26.0 Å². The Bertz CT molecular complexity index is 78.9. The van der Waals surface area contributed by atoms with Crippen LogP contribution in [0.5, 0.6) is 0 Å². The van der Waals surface area contributed by atoms with E-state index in [0.29, 0.717) is 6.04 Å². The number of nitrogens with two attached hydrogens (primary N) is 1. The monoisotopic (exact) mass is 157 g/mol. The van der Waals surface area contributed by atoms with E-state index in [2.05, 4.69) is 20.8 Å². The lowest BCUT2D eigenvalue weighted by Crippen LogP contribution is -2.20. The van der Waals surface area contributed by atoms with Crippen molar-refractivity contribution in [3.8, 4) is 0 Å². The lowest BCUT2D eigenvalue weighted by Gasteiger charge is -2.11. The highest BCUT2D eigenvalue weighted by Crippen LogP contribution is 2.09. The zero-order valence-electron chi connectivity index (χ0n) is 8.27. The predicted octanol–water partition coefficient (Wildman–Crippen LogP) is 2.94. The molecule has 0 amide bonds. The van der Waals surface area contributed by atoms with Gasteiger partial charge in [0.15, 0.2) is 0 Å². The fraction of sp³-hybridized carbons (Fsp3) is 1.00. The Hall–Kier alpha value is -0.0400. The van der Waals surface area contributed by atoms with E-state index in [-0.39, 0.29) is 0 Å². The highest BCUT2D eigenvalue weighted by Gasteiger charge is 2.02. The summed E-state index contributed by atoms with van der Waals surface area (Å²) in [6, 6.07) is 0.456. The Morgan fingerprint density at radius 3 is 2.18 bits per heavy atom. The van der Waals surface area contributed by atoms with Crippen molar-refractivity contribution in [1.82, 2.24) is 0 Å². The Labute approximate surface area is 71.4 Å². The van der Waals surface area contributed by atoms with Gasteiger partial charge in [-0.15, -0.1) is 0 Å². The molecule has 0 spiro atoms. The van der Waals surface area contributed by atoms with Crippen LogP contribution >= 0.6 is 0 Å². The van der Waals surface area contributed by atoms with E-state index in [1.54, 1.807) is 0 Å². The van der Waals surface area contributed by atoms with E-state index >= 15 is 0 Å². The van der Waals surface area contributed by atoms with E-state index in [0.717, 1.165) is 5.92 Å². The van der Waals surface area contributed by atoms with E-state index in [4.69, 9.17) is 5.73 Å². The molecule has 0 bridgehead atoms. The molecule has 0 aromatic heterocycles. The Morgan fingerprint density at radius 2 is 1.73 bits per heavy atom. The van der Waals surface area contributed by atoms with Crippen molar-refractivity contribution in [3.63, 3.8) is 0 Å². The van der Waals surface area contributed by atoms with Crippen LogP contribution in [0.4, 0.5) is 0 Å². The summed E-state index contributed by atoms with van der Waals surface area (Å²) in [5, 5.41) is 0. The number of hydrogen-bond donors (Lipinski definition) is 1. The second kappa shape index (κ2) is 6.66. The Morgan fingerprint density at radius 1 is 1.09 bits per heavy atom. The smallest absolute Gasteiger partial charge is 0.00389 e. The van der Waals surface area contributed by atoms with E-state index in [9.17, 15) is 0 Å². The fourth-order valence-corrected chi connectivity index (χ4v) is 1.16. The largest absolute Gasteiger partial charge is 0.328 e. The third-order valence-corrected chi connectivity index (χ3v) is 2.04. The third-order valence-electron chi connectivity index (χ3n) is 2.04. The molecule has 68 valence electrons. The molecule has 0 heterocycles. The molecule has 0 saturated heterocycles. The van der Waals surface area contributed by atoms with Crippen molar-refractivity contribution >= 4 is 0 Å². The van der Waals surface area contributed by atoms with Crippen molar-refractivity contribution in [2.45, 2.75) is 58.9 Å². The minimum atomic E-state index is 0.456. The molecular weight excluding hydrogens is 134 g/mol. The molecular formula is C10H23N. The molecule has 0 aromatic carbocycles. The van der Waals surface area contributed by atoms with Crippen LogP contribution < -0.4 is 5.73 Å². The van der Waals surface area contributed by atoms with Crippen LogP contribution in [-0.2, 0) is 0 Å². The van der Waals surface area contributed by atoms with Crippen LogP contribution in [-0.4, -0.2) is 6.04 Å². The lowest BCUT2D eigenvalue weighted by atomic mass is 10.0. The van der Waals surface area contributed by atoms with Gasteiger partial charge >= 0.3 is 0 Å². The second-order valence-electron chi connectivity index (χ2n) is 3.87. The Kier molecular flexibility index (Phi) is 6.63. The van der Waals surface area contributed by atoms with E-state index < -0.39 is 0 Å². The van der Waals surface area contributed by atoms with Gasteiger partial charge in [0.1, 0.15) is 0 Å². The third kappa shape index (κ3) is 7.86. The summed E-state index contributed by atoms with van der Waals surface area (Å²) in [5.41, 5.74) is 5.91. The molecule has 1 heteroatoms. The molecule has 0 saturated carbocycles. The zero-order chi connectivity index (χ0) is 8.69. The van der Waals surface area contributed by atoms with Gasteiger partial charge in [-0.2, -0.15) is 0 Å². The molecule has 0 aliphatic rings. The standard InChI is InChI=1S/C10H23N/c1-4-5-6-10(11)8-7-9(2)3/h9-10H,4-8,11H2,1-3H3/t10-/m0/s1. The number of unbranched alkanes of at least 4 members (excludes halogenated alkanes) is 1. The van der Waals surface area contributed by atoms with Gasteiger partial charge < -0.3 is 5.73 Å². The van der Waals surface area contributed by atoms with E-state index in [1.807, 2.05) is 0 Å². The van der Waals surface area contributed by atoms with Gasteiger partial charge in [-0.05, 0) is 25.2 Å². The zero-order valence-corrected chi connectivity index (χ0v) is 8.27. The maximum absolute atomic E-state index is 5.91. The quantitative estimate of drug-likeness (QED) is 0.630. The van der Waals surface area contributed by atoms with Crippen LogP contribution in [0, 0.1) is 5.92 Å².